The van der Waals surface area contributed by atoms with Crippen molar-refractivity contribution >= 4 is 5.91 Å². The minimum atomic E-state index is 0.161. The molecule has 2 aliphatic heterocycles. The van der Waals surface area contributed by atoms with E-state index < -0.39 is 0 Å². The Kier molecular flexibility index (Phi) is 3.62. The van der Waals surface area contributed by atoms with E-state index in [1.54, 1.807) is 0 Å². The molecule has 1 aromatic carbocycles. The maximum atomic E-state index is 12.6. The van der Waals surface area contributed by atoms with E-state index >= 15 is 0 Å². The molecule has 0 saturated heterocycles. The van der Waals surface area contributed by atoms with Gasteiger partial charge in [-0.25, -0.2) is 0 Å². The lowest BCUT2D eigenvalue weighted by Crippen LogP contribution is -2.36. The van der Waals surface area contributed by atoms with Gasteiger partial charge in [0, 0.05) is 31.7 Å². The zero-order chi connectivity index (χ0) is 15.0. The highest BCUT2D eigenvalue weighted by atomic mass is 16.2. The van der Waals surface area contributed by atoms with Crippen molar-refractivity contribution in [2.75, 3.05) is 13.1 Å². The smallest absolute Gasteiger partial charge is 0.254 e. The largest absolute Gasteiger partial charge is 0.335 e. The number of hydrogen-bond donors (Lipinski definition) is 1. The Bertz CT molecular complexity index is 596. The fourth-order valence-corrected chi connectivity index (χ4v) is 3.15. The van der Waals surface area contributed by atoms with Gasteiger partial charge in [0.05, 0.1) is 0 Å². The van der Waals surface area contributed by atoms with Crippen molar-refractivity contribution < 1.29 is 4.79 Å². The zero-order valence-electron chi connectivity index (χ0n) is 13.2. The van der Waals surface area contributed by atoms with Gasteiger partial charge in [0.2, 0.25) is 0 Å². The highest BCUT2D eigenvalue weighted by Crippen LogP contribution is 2.30. The predicted molar refractivity (Wildman–Crippen MR) is 85.0 cm³/mol. The Hall–Kier alpha value is -1.61. The summed E-state index contributed by atoms with van der Waals surface area (Å²) in [5.74, 6) is 0.161. The average Bonchev–Trinajstić information content (AvgIpc) is 2.93. The summed E-state index contributed by atoms with van der Waals surface area (Å²) in [7, 11) is 0. The quantitative estimate of drug-likeness (QED) is 0.804. The van der Waals surface area contributed by atoms with Gasteiger partial charge < -0.3 is 10.2 Å². The second-order valence-electron chi connectivity index (χ2n) is 7.07. The molecule has 0 unspecified atom stereocenters. The number of nitrogens with one attached hydrogen (secondary N) is 1. The maximum absolute atomic E-state index is 12.6. The summed E-state index contributed by atoms with van der Waals surface area (Å²) in [6, 6.07) is 6.11. The van der Waals surface area contributed by atoms with Crippen LogP contribution in [0.2, 0.25) is 0 Å². The standard InChI is InChI=1S/C18H24N2O/c1-18(2,3)16-6-8-20(9-7-16)17(21)13-4-5-14-11-19-12-15(14)10-13/h4-6,10,19H,7-9,11-12H2,1-3H3. The summed E-state index contributed by atoms with van der Waals surface area (Å²) >= 11 is 0. The van der Waals surface area contributed by atoms with Crippen molar-refractivity contribution in [1.29, 1.82) is 0 Å². The number of amides is 1. The highest BCUT2D eigenvalue weighted by molar-refractivity contribution is 5.94. The molecule has 2 aliphatic rings. The molecule has 0 fully saturated rings. The molecule has 2 heterocycles. The minimum absolute atomic E-state index is 0.161. The first-order chi connectivity index (χ1) is 9.95. The molecule has 0 bridgehead atoms. The fraction of sp³-hybridized carbons (Fsp3) is 0.500. The van der Waals surface area contributed by atoms with Crippen LogP contribution in [0.15, 0.2) is 29.8 Å². The van der Waals surface area contributed by atoms with Crippen molar-refractivity contribution in [3.63, 3.8) is 0 Å². The number of nitrogens with zero attached hydrogens (tertiary/aromatic N) is 1. The van der Waals surface area contributed by atoms with Gasteiger partial charge in [0.25, 0.3) is 5.91 Å². The molecule has 3 rings (SSSR count). The van der Waals surface area contributed by atoms with Crippen molar-refractivity contribution in [3.8, 4) is 0 Å². The van der Waals surface area contributed by atoms with E-state index in [4.69, 9.17) is 0 Å². The van der Waals surface area contributed by atoms with Crippen LogP contribution in [0.3, 0.4) is 0 Å². The first-order valence-electron chi connectivity index (χ1n) is 7.76. The van der Waals surface area contributed by atoms with Crippen LogP contribution in [-0.4, -0.2) is 23.9 Å². The van der Waals surface area contributed by atoms with Gasteiger partial charge in [0.1, 0.15) is 0 Å². The van der Waals surface area contributed by atoms with Crippen LogP contribution in [-0.2, 0) is 13.1 Å². The first-order valence-corrected chi connectivity index (χ1v) is 7.76. The van der Waals surface area contributed by atoms with E-state index in [-0.39, 0.29) is 11.3 Å². The Balaban J connectivity index is 1.74. The van der Waals surface area contributed by atoms with Crippen LogP contribution in [0.4, 0.5) is 0 Å². The first kappa shape index (κ1) is 14.3. The van der Waals surface area contributed by atoms with Crippen molar-refractivity contribution in [2.24, 2.45) is 5.41 Å². The van der Waals surface area contributed by atoms with Crippen LogP contribution in [0.25, 0.3) is 0 Å². The van der Waals surface area contributed by atoms with Crippen LogP contribution in [0, 0.1) is 5.41 Å². The van der Waals surface area contributed by atoms with E-state index in [1.165, 1.54) is 16.7 Å². The van der Waals surface area contributed by atoms with E-state index in [0.29, 0.717) is 0 Å². The number of carbonyl (C=O) groups excluding carboxylic acids is 1. The molecule has 3 nitrogen and oxygen atoms in total. The van der Waals surface area contributed by atoms with Gasteiger partial charge in [-0.1, -0.05) is 38.5 Å². The van der Waals surface area contributed by atoms with Crippen molar-refractivity contribution in [2.45, 2.75) is 40.3 Å². The Labute approximate surface area is 127 Å². The molecule has 0 aliphatic carbocycles. The predicted octanol–water partition coefficient (Wildman–Crippen LogP) is 3.11. The maximum Gasteiger partial charge on any atom is 0.254 e. The molecule has 112 valence electrons. The number of carbonyl (C=O) groups is 1. The number of fused-ring (bicyclic) bond motifs is 1. The molecule has 0 spiro atoms. The van der Waals surface area contributed by atoms with Crippen LogP contribution >= 0.6 is 0 Å². The lowest BCUT2D eigenvalue weighted by Gasteiger charge is -2.32. The third-order valence-corrected chi connectivity index (χ3v) is 4.54. The molecular formula is C18H24N2O. The molecular weight excluding hydrogens is 260 g/mol. The second-order valence-corrected chi connectivity index (χ2v) is 7.07. The van der Waals surface area contributed by atoms with Gasteiger partial charge in [-0.15, -0.1) is 0 Å². The highest BCUT2D eigenvalue weighted by Gasteiger charge is 2.24. The molecule has 0 saturated carbocycles. The summed E-state index contributed by atoms with van der Waals surface area (Å²) in [5, 5.41) is 3.32. The molecule has 21 heavy (non-hydrogen) atoms. The third-order valence-electron chi connectivity index (χ3n) is 4.54. The molecule has 0 atom stereocenters. The molecule has 0 radical (unpaired) electrons. The summed E-state index contributed by atoms with van der Waals surface area (Å²) in [6.45, 7) is 10.1. The lowest BCUT2D eigenvalue weighted by atomic mass is 9.83. The van der Waals surface area contributed by atoms with Gasteiger partial charge in [-0.3, -0.25) is 4.79 Å². The van der Waals surface area contributed by atoms with Crippen LogP contribution in [0.5, 0.6) is 0 Å². The van der Waals surface area contributed by atoms with E-state index in [0.717, 1.165) is 38.2 Å². The molecule has 1 aromatic rings. The van der Waals surface area contributed by atoms with Crippen LogP contribution < -0.4 is 5.32 Å². The summed E-state index contributed by atoms with van der Waals surface area (Å²) in [5.41, 5.74) is 5.09. The van der Waals surface area contributed by atoms with Gasteiger partial charge in [-0.2, -0.15) is 0 Å². The normalized spacial score (nSPS) is 18.4. The monoisotopic (exact) mass is 284 g/mol. The molecule has 1 amide bonds. The van der Waals surface area contributed by atoms with Gasteiger partial charge in [-0.05, 0) is 35.1 Å². The van der Waals surface area contributed by atoms with Crippen molar-refractivity contribution in [1.82, 2.24) is 10.2 Å². The number of hydrogen-bond acceptors (Lipinski definition) is 2. The van der Waals surface area contributed by atoms with E-state index in [2.05, 4.69) is 44.3 Å². The minimum Gasteiger partial charge on any atom is -0.335 e. The Morgan fingerprint density at radius 1 is 1.19 bits per heavy atom. The summed E-state index contributed by atoms with van der Waals surface area (Å²) in [4.78, 5) is 14.6. The summed E-state index contributed by atoms with van der Waals surface area (Å²) < 4.78 is 0. The Morgan fingerprint density at radius 3 is 2.62 bits per heavy atom. The Morgan fingerprint density at radius 2 is 1.95 bits per heavy atom. The average molecular weight is 284 g/mol. The third kappa shape index (κ3) is 2.88. The zero-order valence-corrected chi connectivity index (χ0v) is 13.2. The molecule has 0 aromatic heterocycles. The van der Waals surface area contributed by atoms with Gasteiger partial charge >= 0.3 is 0 Å². The van der Waals surface area contributed by atoms with Crippen LogP contribution in [0.1, 0.15) is 48.7 Å². The van der Waals surface area contributed by atoms with Crippen molar-refractivity contribution in [3.05, 3.63) is 46.5 Å². The van der Waals surface area contributed by atoms with E-state index in [9.17, 15) is 4.79 Å². The number of benzene rings is 1. The lowest BCUT2D eigenvalue weighted by molar-refractivity contribution is 0.0765. The number of rotatable bonds is 1. The molecule has 3 heteroatoms. The fourth-order valence-electron chi connectivity index (χ4n) is 3.15. The topological polar surface area (TPSA) is 32.3 Å². The van der Waals surface area contributed by atoms with Gasteiger partial charge in [0.15, 0.2) is 0 Å². The SMILES string of the molecule is CC(C)(C)C1=CCN(C(=O)c2ccc3c(c2)CNC3)CC1. The summed E-state index contributed by atoms with van der Waals surface area (Å²) in [6.07, 6.45) is 3.22. The van der Waals surface area contributed by atoms with E-state index in [1.807, 2.05) is 11.0 Å². The molecule has 1 N–H and O–H groups in total. The second kappa shape index (κ2) is 5.30.